The van der Waals surface area contributed by atoms with Crippen LogP contribution >= 0.6 is 0 Å². The van der Waals surface area contributed by atoms with Gasteiger partial charge in [-0.15, -0.1) is 0 Å². The Morgan fingerprint density at radius 2 is 1.69 bits per heavy atom. The maximum atomic E-state index is 13.7. The summed E-state index contributed by atoms with van der Waals surface area (Å²) < 4.78 is 52.4. The lowest BCUT2D eigenvalue weighted by Crippen LogP contribution is -2.24. The van der Waals surface area contributed by atoms with Crippen LogP contribution in [-0.2, 0) is 15.8 Å². The maximum absolute atomic E-state index is 13.7. The van der Waals surface area contributed by atoms with Crippen molar-refractivity contribution >= 4 is 28.9 Å². The summed E-state index contributed by atoms with van der Waals surface area (Å²) in [4.78, 5) is 22.9. The number of rotatable bonds is 5. The Hall–Kier alpha value is -3.10. The zero-order chi connectivity index (χ0) is 19.3. The second kappa shape index (κ2) is 7.85. The third-order valence-electron chi connectivity index (χ3n) is 3.23. The van der Waals surface area contributed by atoms with Gasteiger partial charge < -0.3 is 16.0 Å². The lowest BCUT2D eigenvalue weighted by atomic mass is 10.1. The van der Waals surface area contributed by atoms with E-state index >= 15 is 0 Å². The zero-order valence-electron chi connectivity index (χ0n) is 13.6. The van der Waals surface area contributed by atoms with Crippen LogP contribution in [0.15, 0.2) is 42.5 Å². The molecule has 5 nitrogen and oxygen atoms in total. The number of carbonyl (C=O) groups is 2. The molecule has 3 N–H and O–H groups in total. The highest BCUT2D eigenvalue weighted by atomic mass is 19.4. The molecule has 2 rings (SSSR count). The Balaban J connectivity index is 2.05. The first kappa shape index (κ1) is 19.2. The van der Waals surface area contributed by atoms with Gasteiger partial charge in [0.15, 0.2) is 0 Å². The van der Waals surface area contributed by atoms with Crippen molar-refractivity contribution < 1.29 is 27.2 Å². The average Bonchev–Trinajstić information content (AvgIpc) is 2.54. The number of anilines is 3. The van der Waals surface area contributed by atoms with E-state index in [1.807, 2.05) is 0 Å². The molecule has 0 aliphatic heterocycles. The summed E-state index contributed by atoms with van der Waals surface area (Å²) in [5.74, 6) is -1.82. The van der Waals surface area contributed by atoms with Crippen LogP contribution < -0.4 is 16.0 Å². The molecule has 0 radical (unpaired) electrons. The van der Waals surface area contributed by atoms with Gasteiger partial charge in [-0.05, 0) is 30.3 Å². The van der Waals surface area contributed by atoms with Crippen LogP contribution in [0.2, 0.25) is 0 Å². The fraction of sp³-hybridized carbons (Fsp3) is 0.176. The summed E-state index contributed by atoms with van der Waals surface area (Å²) in [6.07, 6.45) is -4.61. The van der Waals surface area contributed by atoms with Crippen LogP contribution in [-0.4, -0.2) is 18.4 Å². The van der Waals surface area contributed by atoms with Gasteiger partial charge in [-0.1, -0.05) is 12.1 Å². The highest BCUT2D eigenvalue weighted by Crippen LogP contribution is 2.34. The number of nitrogens with one attached hydrogen (secondary N) is 3. The minimum Gasteiger partial charge on any atom is -0.374 e. The molecule has 0 atom stereocenters. The van der Waals surface area contributed by atoms with Crippen molar-refractivity contribution in [2.75, 3.05) is 22.5 Å². The summed E-state index contributed by atoms with van der Waals surface area (Å²) in [6, 6.07) is 8.23. The molecule has 0 aromatic heterocycles. The Labute approximate surface area is 146 Å². The fourth-order valence-corrected chi connectivity index (χ4v) is 2.15. The van der Waals surface area contributed by atoms with Gasteiger partial charge in [0.1, 0.15) is 5.82 Å². The quantitative estimate of drug-likeness (QED) is 0.701. The van der Waals surface area contributed by atoms with Gasteiger partial charge >= 0.3 is 6.18 Å². The van der Waals surface area contributed by atoms with Crippen LogP contribution in [0.25, 0.3) is 0 Å². The topological polar surface area (TPSA) is 70.2 Å². The molecule has 0 saturated carbocycles. The molecule has 0 fully saturated rings. The molecule has 0 aliphatic rings. The molecule has 0 heterocycles. The summed E-state index contributed by atoms with van der Waals surface area (Å²) in [5, 5.41) is 7.08. The monoisotopic (exact) mass is 369 g/mol. The molecule has 0 saturated heterocycles. The summed E-state index contributed by atoms with van der Waals surface area (Å²) >= 11 is 0. The van der Waals surface area contributed by atoms with Crippen molar-refractivity contribution in [3.63, 3.8) is 0 Å². The van der Waals surface area contributed by atoms with Crippen molar-refractivity contribution in [1.82, 2.24) is 0 Å². The zero-order valence-corrected chi connectivity index (χ0v) is 13.6. The molecular weight excluding hydrogens is 354 g/mol. The van der Waals surface area contributed by atoms with Crippen LogP contribution in [0.5, 0.6) is 0 Å². The van der Waals surface area contributed by atoms with E-state index in [2.05, 4.69) is 16.0 Å². The lowest BCUT2D eigenvalue weighted by molar-refractivity contribution is -0.137. The van der Waals surface area contributed by atoms with Crippen LogP contribution in [0.4, 0.5) is 34.6 Å². The van der Waals surface area contributed by atoms with Crippen molar-refractivity contribution in [3.05, 3.63) is 53.8 Å². The Morgan fingerprint density at radius 3 is 2.35 bits per heavy atom. The van der Waals surface area contributed by atoms with E-state index in [1.54, 1.807) is 0 Å². The van der Waals surface area contributed by atoms with Crippen molar-refractivity contribution in [2.45, 2.75) is 13.1 Å². The van der Waals surface area contributed by atoms with Crippen LogP contribution in [0.1, 0.15) is 12.5 Å². The smallest absolute Gasteiger partial charge is 0.374 e. The molecule has 0 unspecified atom stereocenters. The summed E-state index contributed by atoms with van der Waals surface area (Å²) in [5.41, 5.74) is -1.13. The number of hydrogen-bond acceptors (Lipinski definition) is 3. The minimum absolute atomic E-state index is 0.0736. The second-order valence-corrected chi connectivity index (χ2v) is 5.32. The van der Waals surface area contributed by atoms with E-state index in [4.69, 9.17) is 0 Å². The van der Waals surface area contributed by atoms with Gasteiger partial charge in [0, 0.05) is 12.6 Å². The average molecular weight is 369 g/mol. The number of para-hydroxylation sites is 1. The van der Waals surface area contributed by atoms with E-state index in [0.29, 0.717) is 5.69 Å². The Morgan fingerprint density at radius 1 is 1.00 bits per heavy atom. The van der Waals surface area contributed by atoms with Gasteiger partial charge in [-0.3, -0.25) is 9.59 Å². The van der Waals surface area contributed by atoms with Crippen molar-refractivity contribution in [2.24, 2.45) is 0 Å². The molecule has 0 spiro atoms. The van der Waals surface area contributed by atoms with E-state index in [0.717, 1.165) is 18.2 Å². The highest BCUT2D eigenvalue weighted by Gasteiger charge is 2.33. The molecule has 9 heteroatoms. The molecular formula is C17H15F4N3O2. The second-order valence-electron chi connectivity index (χ2n) is 5.32. The van der Waals surface area contributed by atoms with Gasteiger partial charge in [-0.2, -0.15) is 13.2 Å². The van der Waals surface area contributed by atoms with E-state index in [-0.39, 0.29) is 17.3 Å². The molecule has 2 aromatic rings. The molecule has 138 valence electrons. The number of alkyl halides is 3. The third-order valence-corrected chi connectivity index (χ3v) is 3.23. The molecule has 0 bridgehead atoms. The molecule has 2 amide bonds. The van der Waals surface area contributed by atoms with Crippen molar-refractivity contribution in [1.29, 1.82) is 0 Å². The first-order valence-corrected chi connectivity index (χ1v) is 7.44. The SMILES string of the molecule is CC(=O)Nc1ccc(F)c(NCC(=O)Nc2ccccc2C(F)(F)F)c1. The predicted molar refractivity (Wildman–Crippen MR) is 89.3 cm³/mol. The van der Waals surface area contributed by atoms with E-state index in [1.165, 1.54) is 31.2 Å². The third kappa shape index (κ3) is 5.20. The van der Waals surface area contributed by atoms with Gasteiger partial charge in [-0.25, -0.2) is 4.39 Å². The first-order chi connectivity index (χ1) is 12.2. The van der Waals surface area contributed by atoms with Gasteiger partial charge in [0.2, 0.25) is 11.8 Å². The van der Waals surface area contributed by atoms with Crippen LogP contribution in [0.3, 0.4) is 0 Å². The Kier molecular flexibility index (Phi) is 5.81. The van der Waals surface area contributed by atoms with Gasteiger partial charge in [0.05, 0.1) is 23.5 Å². The Bertz CT molecular complexity index is 822. The van der Waals surface area contributed by atoms with Crippen molar-refractivity contribution in [3.8, 4) is 0 Å². The van der Waals surface area contributed by atoms with Gasteiger partial charge in [0.25, 0.3) is 0 Å². The molecule has 0 aliphatic carbocycles. The normalized spacial score (nSPS) is 11.0. The van der Waals surface area contributed by atoms with E-state index in [9.17, 15) is 27.2 Å². The highest BCUT2D eigenvalue weighted by molar-refractivity contribution is 5.95. The standard InChI is InChI=1S/C17H15F4N3O2/c1-10(25)23-11-6-7-13(18)15(8-11)22-9-16(26)24-14-5-3-2-4-12(14)17(19,20)21/h2-8,22H,9H2,1H3,(H,23,25)(H,24,26). The molecule has 2 aromatic carbocycles. The number of hydrogen-bond donors (Lipinski definition) is 3. The number of amides is 2. The van der Waals surface area contributed by atoms with Crippen LogP contribution in [0, 0.1) is 5.82 Å². The molecule has 26 heavy (non-hydrogen) atoms. The minimum atomic E-state index is -4.61. The van der Waals surface area contributed by atoms with E-state index < -0.39 is 30.0 Å². The first-order valence-electron chi connectivity index (χ1n) is 7.44. The predicted octanol–water partition coefficient (Wildman–Crippen LogP) is 3.85. The number of benzene rings is 2. The summed E-state index contributed by atoms with van der Waals surface area (Å²) in [6.45, 7) is 0.814. The lowest BCUT2D eigenvalue weighted by Gasteiger charge is -2.14. The number of carbonyl (C=O) groups excluding carboxylic acids is 2. The maximum Gasteiger partial charge on any atom is 0.418 e. The fourth-order valence-electron chi connectivity index (χ4n) is 2.15. The largest absolute Gasteiger partial charge is 0.418 e. The number of halogens is 4. The summed E-state index contributed by atoms with van der Waals surface area (Å²) in [7, 11) is 0.